The molecular weight excluding hydrogens is 328 g/mol. The number of nitrogens with zero attached hydrogens (tertiary/aromatic N) is 1. The molecule has 1 aliphatic carbocycles. The fourth-order valence-electron chi connectivity index (χ4n) is 3.41. The Hall–Kier alpha value is -3.08. The lowest BCUT2D eigenvalue weighted by molar-refractivity contribution is 0.0930. The van der Waals surface area contributed by atoms with E-state index in [0.717, 1.165) is 40.8 Å². The highest BCUT2D eigenvalue weighted by molar-refractivity contribution is 5.95. The fourth-order valence-corrected chi connectivity index (χ4v) is 3.41. The number of benzene rings is 2. The van der Waals surface area contributed by atoms with Crippen molar-refractivity contribution in [1.82, 2.24) is 10.5 Å². The third-order valence-corrected chi connectivity index (χ3v) is 4.85. The first kappa shape index (κ1) is 16.4. The number of nitrogens with one attached hydrogen (secondary N) is 1. The van der Waals surface area contributed by atoms with Crippen LogP contribution in [-0.4, -0.2) is 18.2 Å². The minimum atomic E-state index is -0.205. The summed E-state index contributed by atoms with van der Waals surface area (Å²) in [6.45, 7) is 1.96. The Labute approximate surface area is 152 Å². The molecular formula is C21H20N2O3. The molecule has 1 aromatic heterocycles. The Morgan fingerprint density at radius 3 is 2.77 bits per heavy atom. The molecule has 0 radical (unpaired) electrons. The molecule has 132 valence electrons. The number of ether oxygens (including phenoxy) is 1. The van der Waals surface area contributed by atoms with Crippen molar-refractivity contribution in [3.8, 4) is 17.1 Å². The highest BCUT2D eigenvalue weighted by Gasteiger charge is 2.28. The van der Waals surface area contributed by atoms with Gasteiger partial charge in [-0.15, -0.1) is 0 Å². The molecule has 0 saturated heterocycles. The summed E-state index contributed by atoms with van der Waals surface area (Å²) < 4.78 is 10.8. The van der Waals surface area contributed by atoms with Crippen molar-refractivity contribution in [3.63, 3.8) is 0 Å². The van der Waals surface area contributed by atoms with Crippen LogP contribution in [0.25, 0.3) is 11.3 Å². The van der Waals surface area contributed by atoms with Gasteiger partial charge in [0.15, 0.2) is 11.5 Å². The third-order valence-electron chi connectivity index (χ3n) is 4.85. The van der Waals surface area contributed by atoms with E-state index in [-0.39, 0.29) is 11.9 Å². The average molecular weight is 348 g/mol. The van der Waals surface area contributed by atoms with Crippen LogP contribution in [0.1, 0.15) is 40.1 Å². The first-order valence-corrected chi connectivity index (χ1v) is 8.69. The zero-order valence-corrected chi connectivity index (χ0v) is 14.8. The van der Waals surface area contributed by atoms with E-state index in [1.165, 1.54) is 0 Å². The highest BCUT2D eigenvalue weighted by Crippen LogP contribution is 2.37. The minimum absolute atomic E-state index is 0.101. The van der Waals surface area contributed by atoms with E-state index in [1.54, 1.807) is 7.11 Å². The zero-order valence-electron chi connectivity index (χ0n) is 14.8. The van der Waals surface area contributed by atoms with E-state index in [4.69, 9.17) is 9.26 Å². The smallest absolute Gasteiger partial charge is 0.274 e. The van der Waals surface area contributed by atoms with Crippen LogP contribution in [0, 0.1) is 0 Å². The molecule has 1 N–H and O–H groups in total. The SMILES string of the molecule is COc1ccc2c(c1)CCc1c(C(=O)N[C@H](C)c3ccccc3)noc1-2. The van der Waals surface area contributed by atoms with E-state index in [2.05, 4.69) is 10.5 Å². The number of fused-ring (bicyclic) bond motifs is 3. The molecule has 5 nitrogen and oxygen atoms in total. The summed E-state index contributed by atoms with van der Waals surface area (Å²) in [5.41, 5.74) is 4.44. The lowest BCUT2D eigenvalue weighted by Crippen LogP contribution is -2.28. The van der Waals surface area contributed by atoms with Crippen molar-refractivity contribution in [3.05, 3.63) is 70.9 Å². The van der Waals surface area contributed by atoms with Gasteiger partial charge in [-0.3, -0.25) is 4.79 Å². The Bertz CT molecular complexity index is 947. The van der Waals surface area contributed by atoms with Crippen LogP contribution in [0.4, 0.5) is 0 Å². The highest BCUT2D eigenvalue weighted by atomic mass is 16.5. The maximum absolute atomic E-state index is 12.7. The Morgan fingerprint density at radius 2 is 2.00 bits per heavy atom. The van der Waals surface area contributed by atoms with Gasteiger partial charge in [-0.2, -0.15) is 0 Å². The summed E-state index contributed by atoms with van der Waals surface area (Å²) >= 11 is 0. The Balaban J connectivity index is 1.60. The van der Waals surface area contributed by atoms with Gasteiger partial charge < -0.3 is 14.6 Å². The number of aryl methyl sites for hydroxylation is 1. The summed E-state index contributed by atoms with van der Waals surface area (Å²) in [6, 6.07) is 15.6. The predicted octanol–water partition coefficient (Wildman–Crippen LogP) is 3.94. The maximum Gasteiger partial charge on any atom is 0.274 e. The summed E-state index contributed by atoms with van der Waals surface area (Å²) in [5.74, 6) is 1.30. The van der Waals surface area contributed by atoms with Gasteiger partial charge in [-0.05, 0) is 49.1 Å². The van der Waals surface area contributed by atoms with Crippen molar-refractivity contribution >= 4 is 5.91 Å². The van der Waals surface area contributed by atoms with E-state index in [0.29, 0.717) is 11.5 Å². The van der Waals surface area contributed by atoms with Gasteiger partial charge in [0.1, 0.15) is 5.75 Å². The van der Waals surface area contributed by atoms with Crippen molar-refractivity contribution in [1.29, 1.82) is 0 Å². The molecule has 2 aromatic carbocycles. The molecule has 1 atom stereocenters. The van der Waals surface area contributed by atoms with Crippen LogP contribution < -0.4 is 10.1 Å². The number of methoxy groups -OCH3 is 1. The minimum Gasteiger partial charge on any atom is -0.497 e. The number of hydrogen-bond acceptors (Lipinski definition) is 4. The van der Waals surface area contributed by atoms with E-state index in [9.17, 15) is 4.79 Å². The van der Waals surface area contributed by atoms with Crippen LogP contribution >= 0.6 is 0 Å². The third kappa shape index (κ3) is 2.86. The van der Waals surface area contributed by atoms with Gasteiger partial charge in [-0.1, -0.05) is 35.5 Å². The molecule has 4 rings (SSSR count). The van der Waals surface area contributed by atoms with Crippen LogP contribution in [0.3, 0.4) is 0 Å². The largest absolute Gasteiger partial charge is 0.497 e. The molecule has 0 spiro atoms. The van der Waals surface area contributed by atoms with Crippen LogP contribution in [0.5, 0.6) is 5.75 Å². The number of amides is 1. The van der Waals surface area contributed by atoms with Crippen LogP contribution in [0.15, 0.2) is 53.1 Å². The molecule has 0 aliphatic heterocycles. The first-order valence-electron chi connectivity index (χ1n) is 8.69. The topological polar surface area (TPSA) is 64.4 Å². The van der Waals surface area contributed by atoms with Gasteiger partial charge in [0.05, 0.1) is 13.2 Å². The molecule has 1 amide bonds. The van der Waals surface area contributed by atoms with E-state index < -0.39 is 0 Å². The normalized spacial score (nSPS) is 13.5. The Kier molecular flexibility index (Phi) is 4.21. The lowest BCUT2D eigenvalue weighted by Gasteiger charge is -2.17. The molecule has 5 heteroatoms. The van der Waals surface area contributed by atoms with Gasteiger partial charge in [-0.25, -0.2) is 0 Å². The molecule has 1 heterocycles. The fraction of sp³-hybridized carbons (Fsp3) is 0.238. The zero-order chi connectivity index (χ0) is 18.1. The lowest BCUT2D eigenvalue weighted by atomic mass is 9.89. The van der Waals surface area contributed by atoms with Gasteiger partial charge in [0.25, 0.3) is 5.91 Å². The molecule has 0 saturated carbocycles. The number of aromatic nitrogens is 1. The predicted molar refractivity (Wildman–Crippen MR) is 98.2 cm³/mol. The van der Waals surface area contributed by atoms with Crippen molar-refractivity contribution in [2.75, 3.05) is 7.11 Å². The second-order valence-corrected chi connectivity index (χ2v) is 6.47. The Morgan fingerprint density at radius 1 is 1.19 bits per heavy atom. The van der Waals surface area contributed by atoms with Gasteiger partial charge in [0, 0.05) is 11.1 Å². The number of rotatable bonds is 4. The molecule has 26 heavy (non-hydrogen) atoms. The molecule has 0 bridgehead atoms. The second-order valence-electron chi connectivity index (χ2n) is 6.47. The van der Waals surface area contributed by atoms with E-state index in [1.807, 2.05) is 55.5 Å². The second kappa shape index (κ2) is 6.67. The van der Waals surface area contributed by atoms with Crippen molar-refractivity contribution in [2.45, 2.75) is 25.8 Å². The van der Waals surface area contributed by atoms with E-state index >= 15 is 0 Å². The molecule has 0 unspecified atom stereocenters. The summed E-state index contributed by atoms with van der Waals surface area (Å²) in [7, 11) is 1.65. The quantitative estimate of drug-likeness (QED) is 0.776. The van der Waals surface area contributed by atoms with Crippen molar-refractivity contribution in [2.24, 2.45) is 0 Å². The van der Waals surface area contributed by atoms with Crippen LogP contribution in [-0.2, 0) is 12.8 Å². The molecule has 1 aliphatic rings. The molecule has 0 fully saturated rings. The first-order chi connectivity index (χ1) is 12.7. The number of hydrogen-bond donors (Lipinski definition) is 1. The summed E-state index contributed by atoms with van der Waals surface area (Å²) in [4.78, 5) is 12.7. The summed E-state index contributed by atoms with van der Waals surface area (Å²) in [6.07, 6.45) is 1.55. The standard InChI is InChI=1S/C21H20N2O3/c1-13(14-6-4-3-5-7-14)22-21(24)19-18-10-8-15-12-16(25-2)9-11-17(15)20(18)26-23-19/h3-7,9,11-13H,8,10H2,1-2H3,(H,22,24)/t13-/m1/s1. The van der Waals surface area contributed by atoms with Crippen molar-refractivity contribution < 1.29 is 14.1 Å². The molecule has 3 aromatic rings. The number of carbonyl (C=O) groups is 1. The van der Waals surface area contributed by atoms with Gasteiger partial charge in [0.2, 0.25) is 0 Å². The van der Waals surface area contributed by atoms with Crippen LogP contribution in [0.2, 0.25) is 0 Å². The van der Waals surface area contributed by atoms with Gasteiger partial charge >= 0.3 is 0 Å². The summed E-state index contributed by atoms with van der Waals surface area (Å²) in [5, 5.41) is 7.08. The number of carbonyl (C=O) groups excluding carboxylic acids is 1. The monoisotopic (exact) mass is 348 g/mol. The average Bonchev–Trinajstić information content (AvgIpc) is 3.12. The maximum atomic E-state index is 12.7.